The number of aliphatic hydroxyl groups excluding tert-OH is 1. The summed E-state index contributed by atoms with van der Waals surface area (Å²) in [5.74, 6) is -0.309. The van der Waals surface area contributed by atoms with Gasteiger partial charge in [-0.1, -0.05) is 41.7 Å². The smallest absolute Gasteiger partial charge is 0.328 e. The Balaban J connectivity index is 1.49. The number of benzene rings is 1. The molecule has 1 aromatic heterocycles. The molecule has 4 N–H and O–H groups in total. The fraction of sp³-hybridized carbons (Fsp3) is 0.429. The van der Waals surface area contributed by atoms with Crippen LogP contribution in [0.15, 0.2) is 36.5 Å². The number of thiazole rings is 1. The van der Waals surface area contributed by atoms with Gasteiger partial charge < -0.3 is 29.9 Å². The van der Waals surface area contributed by atoms with Crippen molar-refractivity contribution in [1.29, 1.82) is 0 Å². The molecular formula is C21H26N4O4S2. The first-order valence-electron chi connectivity index (χ1n) is 10.2. The number of aromatic nitrogens is 1. The molecule has 2 aliphatic rings. The molecule has 1 aromatic carbocycles. The van der Waals surface area contributed by atoms with Crippen LogP contribution in [0.2, 0.25) is 0 Å². The molecule has 166 valence electrons. The lowest BCUT2D eigenvalue weighted by Gasteiger charge is -2.26. The van der Waals surface area contributed by atoms with E-state index in [2.05, 4.69) is 27.1 Å². The Kier molecular flexibility index (Phi) is 7.33. The van der Waals surface area contributed by atoms with E-state index >= 15 is 0 Å². The number of rotatable bonds is 10. The summed E-state index contributed by atoms with van der Waals surface area (Å²) in [6.45, 7) is 1.68. The fourth-order valence-electron chi connectivity index (χ4n) is 3.44. The SMILES string of the molecule is O=C(O)[C@H](CO)NC1=CN(SCc2ccccc2)Cc2sc(NCC3CCCO3)nc21. The van der Waals surface area contributed by atoms with E-state index in [1.54, 1.807) is 23.3 Å². The molecule has 8 nitrogen and oxygen atoms in total. The van der Waals surface area contributed by atoms with Crippen LogP contribution < -0.4 is 10.6 Å². The first-order valence-corrected chi connectivity index (χ1v) is 12.0. The number of carbonyl (C=O) groups is 1. The number of hydrogen-bond acceptors (Lipinski definition) is 9. The number of aliphatic carboxylic acids is 1. The number of carboxylic acids is 1. The summed E-state index contributed by atoms with van der Waals surface area (Å²) in [4.78, 5) is 17.2. The first kappa shape index (κ1) is 21.9. The Morgan fingerprint density at radius 3 is 2.94 bits per heavy atom. The third-order valence-corrected chi connectivity index (χ3v) is 7.11. The van der Waals surface area contributed by atoms with Crippen molar-refractivity contribution in [3.63, 3.8) is 0 Å². The van der Waals surface area contributed by atoms with Crippen molar-refractivity contribution in [1.82, 2.24) is 14.6 Å². The van der Waals surface area contributed by atoms with Crippen LogP contribution >= 0.6 is 23.3 Å². The van der Waals surface area contributed by atoms with E-state index in [1.165, 1.54) is 5.56 Å². The second kappa shape index (κ2) is 10.4. The van der Waals surface area contributed by atoms with Crippen molar-refractivity contribution in [2.75, 3.05) is 25.1 Å². The fourth-order valence-corrected chi connectivity index (χ4v) is 5.41. The third kappa shape index (κ3) is 5.70. The highest BCUT2D eigenvalue weighted by Crippen LogP contribution is 2.36. The molecule has 2 atom stereocenters. The van der Waals surface area contributed by atoms with E-state index in [1.807, 2.05) is 24.4 Å². The van der Waals surface area contributed by atoms with Crippen molar-refractivity contribution in [2.24, 2.45) is 0 Å². The molecule has 0 spiro atoms. The van der Waals surface area contributed by atoms with E-state index in [4.69, 9.17) is 9.72 Å². The van der Waals surface area contributed by atoms with Crippen LogP contribution in [-0.4, -0.2) is 57.4 Å². The Bertz CT molecular complexity index is 915. The quantitative estimate of drug-likeness (QED) is 0.397. The molecule has 0 bridgehead atoms. The summed E-state index contributed by atoms with van der Waals surface area (Å²) in [6, 6.07) is 9.09. The molecule has 3 heterocycles. The van der Waals surface area contributed by atoms with E-state index in [9.17, 15) is 15.0 Å². The lowest BCUT2D eigenvalue weighted by molar-refractivity contribution is -0.140. The number of nitrogens with zero attached hydrogens (tertiary/aromatic N) is 2. The van der Waals surface area contributed by atoms with Crippen LogP contribution in [0, 0.1) is 0 Å². The first-order chi connectivity index (χ1) is 15.1. The van der Waals surface area contributed by atoms with E-state index in [0.29, 0.717) is 18.8 Å². The third-order valence-electron chi connectivity index (χ3n) is 5.08. The van der Waals surface area contributed by atoms with Crippen molar-refractivity contribution in [3.05, 3.63) is 52.7 Å². The van der Waals surface area contributed by atoms with Gasteiger partial charge in [-0.2, -0.15) is 0 Å². The van der Waals surface area contributed by atoms with Crippen molar-refractivity contribution in [2.45, 2.75) is 37.3 Å². The second-order valence-corrected chi connectivity index (χ2v) is 9.50. The molecule has 0 amide bonds. The summed E-state index contributed by atoms with van der Waals surface area (Å²) < 4.78 is 7.75. The summed E-state index contributed by atoms with van der Waals surface area (Å²) in [7, 11) is 0. The van der Waals surface area contributed by atoms with E-state index in [-0.39, 0.29) is 6.10 Å². The van der Waals surface area contributed by atoms with Gasteiger partial charge in [-0.25, -0.2) is 9.78 Å². The predicted octanol–water partition coefficient (Wildman–Crippen LogP) is 2.73. The molecule has 4 rings (SSSR count). The van der Waals surface area contributed by atoms with Crippen LogP contribution in [-0.2, 0) is 21.8 Å². The van der Waals surface area contributed by atoms with Gasteiger partial charge in [-0.3, -0.25) is 0 Å². The predicted molar refractivity (Wildman–Crippen MR) is 122 cm³/mol. The van der Waals surface area contributed by atoms with E-state index in [0.717, 1.165) is 40.9 Å². The molecular weight excluding hydrogens is 436 g/mol. The van der Waals surface area contributed by atoms with Gasteiger partial charge in [0.1, 0.15) is 11.7 Å². The van der Waals surface area contributed by atoms with Crippen molar-refractivity contribution < 1.29 is 19.7 Å². The van der Waals surface area contributed by atoms with Crippen molar-refractivity contribution in [3.8, 4) is 0 Å². The van der Waals surface area contributed by atoms with Crippen LogP contribution in [0.3, 0.4) is 0 Å². The number of fused-ring (bicyclic) bond motifs is 1. The Hall–Kier alpha value is -2.27. The van der Waals surface area contributed by atoms with Gasteiger partial charge in [0.25, 0.3) is 0 Å². The summed E-state index contributed by atoms with van der Waals surface area (Å²) in [5.41, 5.74) is 2.55. The van der Waals surface area contributed by atoms with Gasteiger partial charge in [0.05, 0.1) is 29.8 Å². The Morgan fingerprint density at radius 1 is 1.39 bits per heavy atom. The summed E-state index contributed by atoms with van der Waals surface area (Å²) >= 11 is 3.22. The molecule has 1 fully saturated rings. The molecule has 1 saturated heterocycles. The highest BCUT2D eigenvalue weighted by atomic mass is 32.2. The minimum Gasteiger partial charge on any atom is -0.480 e. The maximum absolute atomic E-state index is 11.5. The molecule has 0 radical (unpaired) electrons. The number of anilines is 1. The highest BCUT2D eigenvalue weighted by Gasteiger charge is 2.27. The molecule has 1 unspecified atom stereocenters. The van der Waals surface area contributed by atoms with E-state index < -0.39 is 18.6 Å². The van der Waals surface area contributed by atoms with Crippen LogP contribution in [0.1, 0.15) is 29.0 Å². The molecule has 0 aliphatic carbocycles. The molecule has 10 heteroatoms. The van der Waals surface area contributed by atoms with Crippen LogP contribution in [0.5, 0.6) is 0 Å². The maximum Gasteiger partial charge on any atom is 0.328 e. The molecule has 31 heavy (non-hydrogen) atoms. The molecule has 2 aliphatic heterocycles. The van der Waals surface area contributed by atoms with Crippen molar-refractivity contribution >= 4 is 40.1 Å². The zero-order chi connectivity index (χ0) is 21.6. The number of ether oxygens (including phenoxy) is 1. The minimum absolute atomic E-state index is 0.206. The zero-order valence-corrected chi connectivity index (χ0v) is 18.6. The second-order valence-electron chi connectivity index (χ2n) is 7.40. The number of aliphatic hydroxyl groups is 1. The lowest BCUT2D eigenvalue weighted by Crippen LogP contribution is -2.39. The topological polar surface area (TPSA) is 107 Å². The summed E-state index contributed by atoms with van der Waals surface area (Å²) in [5, 5.41) is 25.9. The summed E-state index contributed by atoms with van der Waals surface area (Å²) in [6.07, 6.45) is 4.22. The largest absolute Gasteiger partial charge is 0.480 e. The van der Waals surface area contributed by atoms with Gasteiger partial charge in [0.2, 0.25) is 0 Å². The Morgan fingerprint density at radius 2 is 2.23 bits per heavy atom. The van der Waals surface area contributed by atoms with Gasteiger partial charge in [-0.15, -0.1) is 0 Å². The van der Waals surface area contributed by atoms with Crippen LogP contribution in [0.25, 0.3) is 5.70 Å². The molecule has 2 aromatic rings. The molecule has 0 saturated carbocycles. The average molecular weight is 463 g/mol. The van der Waals surface area contributed by atoms with Crippen LogP contribution in [0.4, 0.5) is 5.13 Å². The lowest BCUT2D eigenvalue weighted by atomic mass is 10.2. The normalized spacial score (nSPS) is 18.9. The highest BCUT2D eigenvalue weighted by molar-refractivity contribution is 7.96. The van der Waals surface area contributed by atoms with Gasteiger partial charge in [-0.05, 0) is 30.4 Å². The standard InChI is InChI=1S/C21H26N4O4S2/c26-12-17(20(27)28)23-16-10-25(30-13-14-5-2-1-3-6-14)11-18-19(16)24-21(31-18)22-9-15-7-4-8-29-15/h1-3,5-6,10,15,17,23,26H,4,7-9,11-13H2,(H,22,24)(H,27,28)/t15?,17-/m0/s1. The number of nitrogens with one attached hydrogen (secondary N) is 2. The monoisotopic (exact) mass is 462 g/mol. The van der Waals surface area contributed by atoms with Gasteiger partial charge in [0, 0.05) is 25.1 Å². The Labute approximate surface area is 189 Å². The van der Waals surface area contributed by atoms with Gasteiger partial charge >= 0.3 is 5.97 Å². The maximum atomic E-state index is 11.5. The average Bonchev–Trinajstić information content (AvgIpc) is 3.44. The minimum atomic E-state index is -1.11. The van der Waals surface area contributed by atoms with Gasteiger partial charge in [0.15, 0.2) is 5.13 Å². The zero-order valence-electron chi connectivity index (χ0n) is 17.0. The number of carboxylic acid groups (broad SMARTS) is 1. The number of hydrogen-bond donors (Lipinski definition) is 4.